The summed E-state index contributed by atoms with van der Waals surface area (Å²) in [6.07, 6.45) is -1.03. The Balaban J connectivity index is 1.45. The lowest BCUT2D eigenvalue weighted by Crippen LogP contribution is -2.47. The molecule has 0 saturated carbocycles. The van der Waals surface area contributed by atoms with Crippen LogP contribution in [0.5, 0.6) is 0 Å². The monoisotopic (exact) mass is 398 g/mol. The zero-order valence-corrected chi connectivity index (χ0v) is 15.5. The van der Waals surface area contributed by atoms with E-state index in [1.54, 1.807) is 6.34 Å². The Kier molecular flexibility index (Phi) is 5.05. The number of nitriles is 1. The van der Waals surface area contributed by atoms with E-state index in [-0.39, 0.29) is 25.0 Å². The molecular weight excluding hydrogens is 380 g/mol. The summed E-state index contributed by atoms with van der Waals surface area (Å²) in [5.41, 5.74) is 0.819. The van der Waals surface area contributed by atoms with E-state index < -0.39 is 32.4 Å². The number of nitrogens with zero attached hydrogens (tertiary/aromatic N) is 3. The van der Waals surface area contributed by atoms with Crippen molar-refractivity contribution in [3.63, 3.8) is 0 Å². The maximum atomic E-state index is 10.8. The maximum absolute atomic E-state index is 10.8. The molecule has 0 spiro atoms. The van der Waals surface area contributed by atoms with E-state index in [2.05, 4.69) is 28.3 Å². The maximum Gasteiger partial charge on any atom is 0.488 e. The number of ether oxygens (including phenoxy) is 1. The van der Waals surface area contributed by atoms with Crippen molar-refractivity contribution in [3.05, 3.63) is 11.5 Å². The Hall–Kier alpha value is -1.06. The average Bonchev–Trinajstić information content (AvgIpc) is 3.18. The van der Waals surface area contributed by atoms with E-state index in [0.717, 1.165) is 11.5 Å². The summed E-state index contributed by atoms with van der Waals surface area (Å²) < 4.78 is 22.6. The zero-order valence-electron chi connectivity index (χ0n) is 13.7. The number of fused-ring (bicyclic) bond motifs is 1. The van der Waals surface area contributed by atoms with Gasteiger partial charge in [-0.1, -0.05) is 0 Å². The van der Waals surface area contributed by atoms with Crippen molar-refractivity contribution in [2.45, 2.75) is 36.3 Å². The predicted molar refractivity (Wildman–Crippen MR) is 95.6 cm³/mol. The first-order valence-corrected chi connectivity index (χ1v) is 10.2. The van der Waals surface area contributed by atoms with Crippen LogP contribution in [-0.2, 0) is 18.3 Å². The first-order valence-electron chi connectivity index (χ1n) is 8.09. The highest BCUT2D eigenvalue weighted by molar-refractivity contribution is 7.85. The molecule has 0 aliphatic carbocycles. The lowest BCUT2D eigenvalue weighted by molar-refractivity contribution is -0.0865. The Morgan fingerprint density at radius 1 is 1.62 bits per heavy atom. The van der Waals surface area contributed by atoms with Crippen LogP contribution in [0.25, 0.3) is 0 Å². The van der Waals surface area contributed by atoms with E-state index >= 15 is 0 Å². The third-order valence-electron chi connectivity index (χ3n) is 4.45. The molecule has 4 aliphatic heterocycles. The van der Waals surface area contributed by atoms with Crippen molar-refractivity contribution in [1.29, 1.82) is 5.26 Å². The van der Waals surface area contributed by atoms with Gasteiger partial charge in [0, 0.05) is 0 Å². The van der Waals surface area contributed by atoms with Crippen LogP contribution in [0.15, 0.2) is 16.5 Å². The molecule has 13 heteroatoms. The highest BCUT2D eigenvalue weighted by Gasteiger charge is 2.59. The Bertz CT molecular complexity index is 680. The van der Waals surface area contributed by atoms with Crippen molar-refractivity contribution in [2.75, 3.05) is 19.9 Å². The van der Waals surface area contributed by atoms with Crippen LogP contribution in [0.4, 0.5) is 0 Å². The second kappa shape index (κ2) is 7.17. The lowest BCUT2D eigenvalue weighted by Gasteiger charge is -2.31. The fourth-order valence-electron chi connectivity index (χ4n) is 3.23. The van der Waals surface area contributed by atoms with Gasteiger partial charge in [-0.15, -0.1) is 12.6 Å². The van der Waals surface area contributed by atoms with Gasteiger partial charge in [0.15, 0.2) is 12.3 Å². The van der Waals surface area contributed by atoms with E-state index in [4.69, 9.17) is 31.1 Å². The quantitative estimate of drug-likeness (QED) is 0.208. The van der Waals surface area contributed by atoms with E-state index in [9.17, 15) is 5.11 Å². The van der Waals surface area contributed by atoms with Crippen molar-refractivity contribution < 1.29 is 23.4 Å². The summed E-state index contributed by atoms with van der Waals surface area (Å²) in [7, 11) is 2.95. The molecule has 4 aliphatic rings. The lowest BCUT2D eigenvalue weighted by atomic mass is 10.1. The van der Waals surface area contributed by atoms with Crippen LogP contribution in [-0.4, -0.2) is 73.7 Å². The van der Waals surface area contributed by atoms with Gasteiger partial charge >= 0.3 is 15.4 Å². The van der Waals surface area contributed by atoms with Crippen LogP contribution in [0.2, 0.25) is 0 Å². The number of rotatable bonds is 4. The molecule has 5 unspecified atom stereocenters. The highest BCUT2D eigenvalue weighted by Crippen LogP contribution is 2.62. The van der Waals surface area contributed by atoms with Gasteiger partial charge in [0.2, 0.25) is 0 Å². The molecule has 3 N–H and O–H groups in total. The fourth-order valence-corrected chi connectivity index (χ4v) is 5.00. The Morgan fingerprint density at radius 3 is 3.27 bits per heavy atom. The number of hydrogen-bond donors (Lipinski definition) is 4. The van der Waals surface area contributed by atoms with Crippen LogP contribution in [0.1, 0.15) is 6.42 Å². The molecule has 138 valence electrons. The van der Waals surface area contributed by atoms with Crippen LogP contribution >= 0.6 is 20.5 Å². The Morgan fingerprint density at radius 2 is 2.46 bits per heavy atom. The summed E-state index contributed by atoms with van der Waals surface area (Å²) in [4.78, 5) is 6.01. The second-order valence-electron chi connectivity index (χ2n) is 6.07. The standard InChI is InChI=1S/C13H18BN5O5PS/c14-25(21-3-1-2-15)22-4-7-10(24-25)9(20)13(23-7)19-6-18-8-11(19)16-5-17-12(8)26/h5,7,9-10,12-13,18,20,26H,1,3-4,6H2,(H,16,17)/q+1/t7?,9?,10-,12?,13?,25?/m1/s1. The minimum atomic E-state index is -3.08. The Labute approximate surface area is 157 Å². The van der Waals surface area contributed by atoms with Gasteiger partial charge in [-0.2, -0.15) is 18.8 Å². The molecule has 4 heterocycles. The summed E-state index contributed by atoms with van der Waals surface area (Å²) in [5, 5.41) is 25.3. The predicted octanol–water partition coefficient (Wildman–Crippen LogP) is -0.817. The first kappa shape index (κ1) is 18.3. The molecule has 6 atom stereocenters. The van der Waals surface area contributed by atoms with Crippen LogP contribution in [0.3, 0.4) is 0 Å². The summed E-state index contributed by atoms with van der Waals surface area (Å²) in [5.74, 6) is 0.752. The van der Waals surface area contributed by atoms with Crippen molar-refractivity contribution in [2.24, 2.45) is 4.99 Å². The molecule has 0 amide bonds. The smallest absolute Gasteiger partial charge is 0.385 e. The van der Waals surface area contributed by atoms with Gasteiger partial charge in [-0.05, 0) is 0 Å². The van der Waals surface area contributed by atoms with Gasteiger partial charge < -0.3 is 25.4 Å². The largest absolute Gasteiger partial charge is 0.488 e. The van der Waals surface area contributed by atoms with E-state index in [1.807, 2.05) is 11.0 Å². The van der Waals surface area contributed by atoms with Crippen molar-refractivity contribution >= 4 is 34.4 Å². The van der Waals surface area contributed by atoms with Gasteiger partial charge in [0.1, 0.15) is 36.6 Å². The summed E-state index contributed by atoms with van der Waals surface area (Å²) in [6, 6.07) is 1.96. The van der Waals surface area contributed by atoms with Crippen molar-refractivity contribution in [1.82, 2.24) is 15.5 Å². The second-order valence-corrected chi connectivity index (χ2v) is 8.36. The molecule has 2 radical (unpaired) electrons. The van der Waals surface area contributed by atoms with Gasteiger partial charge in [-0.25, -0.2) is 0 Å². The normalized spacial score (nSPS) is 41.3. The number of hydrogen-bond acceptors (Lipinski definition) is 11. The number of aliphatic imine (C=N–C) groups is 1. The third-order valence-corrected chi connectivity index (χ3v) is 6.43. The summed E-state index contributed by atoms with van der Waals surface area (Å²) in [6.45, 7) is 0.686. The van der Waals surface area contributed by atoms with Gasteiger partial charge in [0.05, 0.1) is 31.2 Å². The SMILES string of the molecule is [B][P+]1(OCCC#N)OCC2OC(N3CNC4=C3NC=NC4S)C(O)[C@@H]2O1. The molecule has 0 aromatic carbocycles. The first-order chi connectivity index (χ1) is 12.5. The molecule has 0 bridgehead atoms. The highest BCUT2D eigenvalue weighted by atomic mass is 32.1. The average molecular weight is 398 g/mol. The molecule has 4 rings (SSSR count). The van der Waals surface area contributed by atoms with E-state index in [1.165, 1.54) is 0 Å². The number of aliphatic hydroxyl groups excluding tert-OH is 1. The molecular formula is C13H18BN5O5PS+. The minimum Gasteiger partial charge on any atom is -0.385 e. The summed E-state index contributed by atoms with van der Waals surface area (Å²) >= 11 is 4.40. The fraction of sp³-hybridized carbons (Fsp3) is 0.692. The topological polar surface area (TPSA) is 121 Å². The molecule has 10 nitrogen and oxygen atoms in total. The number of aliphatic hydroxyl groups is 1. The van der Waals surface area contributed by atoms with Crippen LogP contribution < -0.4 is 10.6 Å². The number of thiol groups is 1. The van der Waals surface area contributed by atoms with Gasteiger partial charge in [-0.3, -0.25) is 4.99 Å². The van der Waals surface area contributed by atoms with Crippen LogP contribution in [0, 0.1) is 11.3 Å². The minimum absolute atomic E-state index is 0.109. The molecule has 0 aromatic rings. The number of nitrogens with one attached hydrogen (secondary N) is 2. The molecule has 0 aromatic heterocycles. The zero-order chi connectivity index (χ0) is 18.3. The van der Waals surface area contributed by atoms with E-state index in [0.29, 0.717) is 6.67 Å². The molecule has 2 fully saturated rings. The third kappa shape index (κ3) is 3.18. The van der Waals surface area contributed by atoms with Gasteiger partial charge in [0.25, 0.3) is 0 Å². The van der Waals surface area contributed by atoms with Crippen molar-refractivity contribution in [3.8, 4) is 6.07 Å². The molecule has 26 heavy (non-hydrogen) atoms. The molecule has 2 saturated heterocycles.